The lowest BCUT2D eigenvalue weighted by molar-refractivity contribution is 0.371. The predicted molar refractivity (Wildman–Crippen MR) is 63.9 cm³/mol. The van der Waals surface area contributed by atoms with Gasteiger partial charge in [0.1, 0.15) is 0 Å². The molecule has 2 atom stereocenters. The van der Waals surface area contributed by atoms with Gasteiger partial charge in [0, 0.05) is 6.04 Å². The average Bonchev–Trinajstić information content (AvgIpc) is 2.22. The zero-order valence-corrected chi connectivity index (χ0v) is 10.2. The molecule has 86 valence electrons. The molecule has 0 radical (unpaired) electrons. The van der Waals surface area contributed by atoms with Crippen LogP contribution in [0.3, 0.4) is 0 Å². The first kappa shape index (κ1) is 13.9. The van der Waals surface area contributed by atoms with Gasteiger partial charge in [-0.2, -0.15) is 0 Å². The van der Waals surface area contributed by atoms with E-state index in [9.17, 15) is 0 Å². The lowest BCUT2D eigenvalue weighted by Gasteiger charge is -2.19. The summed E-state index contributed by atoms with van der Waals surface area (Å²) in [4.78, 5) is 0. The van der Waals surface area contributed by atoms with Crippen molar-refractivity contribution in [3.05, 3.63) is 0 Å². The van der Waals surface area contributed by atoms with Gasteiger partial charge in [-0.1, -0.05) is 52.9 Å². The minimum absolute atomic E-state index is 0.529. The Morgan fingerprint density at radius 1 is 1.14 bits per heavy atom. The highest BCUT2D eigenvalue weighted by molar-refractivity contribution is 4.66. The fraction of sp³-hybridized carbons (Fsp3) is 1.00. The standard InChI is InChI=1S/C12H28N2/c1-4-6-7-8-9-12(14-13)10-11(3)5-2/h11-12,14H,4-10,13H2,1-3H3. The van der Waals surface area contributed by atoms with E-state index in [0.29, 0.717) is 6.04 Å². The van der Waals surface area contributed by atoms with E-state index < -0.39 is 0 Å². The molecule has 0 aliphatic rings. The van der Waals surface area contributed by atoms with Gasteiger partial charge in [-0.05, 0) is 18.8 Å². The summed E-state index contributed by atoms with van der Waals surface area (Å²) in [5.74, 6) is 6.33. The Morgan fingerprint density at radius 3 is 2.36 bits per heavy atom. The van der Waals surface area contributed by atoms with Gasteiger partial charge in [0.05, 0.1) is 0 Å². The fourth-order valence-corrected chi connectivity index (χ4v) is 1.74. The minimum atomic E-state index is 0.529. The van der Waals surface area contributed by atoms with E-state index in [1.165, 1.54) is 44.9 Å². The molecule has 3 N–H and O–H groups in total. The van der Waals surface area contributed by atoms with Gasteiger partial charge in [-0.3, -0.25) is 11.3 Å². The SMILES string of the molecule is CCCCCCC(CC(C)CC)NN. The van der Waals surface area contributed by atoms with Crippen LogP contribution < -0.4 is 11.3 Å². The van der Waals surface area contributed by atoms with Crippen LogP contribution in [0, 0.1) is 5.92 Å². The largest absolute Gasteiger partial charge is 0.271 e. The van der Waals surface area contributed by atoms with Crippen molar-refractivity contribution in [2.24, 2.45) is 11.8 Å². The monoisotopic (exact) mass is 200 g/mol. The number of rotatable bonds is 9. The van der Waals surface area contributed by atoms with Gasteiger partial charge in [0.2, 0.25) is 0 Å². The molecule has 0 aromatic carbocycles. The Hall–Kier alpha value is -0.0800. The van der Waals surface area contributed by atoms with Crippen LogP contribution in [0.1, 0.15) is 65.7 Å². The van der Waals surface area contributed by atoms with Crippen LogP contribution in [0.15, 0.2) is 0 Å². The van der Waals surface area contributed by atoms with Crippen LogP contribution >= 0.6 is 0 Å². The Morgan fingerprint density at radius 2 is 1.86 bits per heavy atom. The Balaban J connectivity index is 3.47. The second-order valence-electron chi connectivity index (χ2n) is 4.46. The molecule has 0 saturated heterocycles. The summed E-state index contributed by atoms with van der Waals surface area (Å²) in [6.07, 6.45) is 9.06. The van der Waals surface area contributed by atoms with E-state index >= 15 is 0 Å². The van der Waals surface area contributed by atoms with Crippen molar-refractivity contribution in [2.45, 2.75) is 71.8 Å². The topological polar surface area (TPSA) is 38.0 Å². The van der Waals surface area contributed by atoms with Crippen LogP contribution in [0.5, 0.6) is 0 Å². The lowest BCUT2D eigenvalue weighted by atomic mass is 9.96. The summed E-state index contributed by atoms with van der Waals surface area (Å²) in [6.45, 7) is 6.80. The summed E-state index contributed by atoms with van der Waals surface area (Å²) < 4.78 is 0. The molecule has 0 aromatic heterocycles. The summed E-state index contributed by atoms with van der Waals surface area (Å²) >= 11 is 0. The molecule has 2 heteroatoms. The summed E-state index contributed by atoms with van der Waals surface area (Å²) in [7, 11) is 0. The zero-order chi connectivity index (χ0) is 10.8. The number of hydrogen-bond donors (Lipinski definition) is 2. The highest BCUT2D eigenvalue weighted by Gasteiger charge is 2.09. The highest BCUT2D eigenvalue weighted by Crippen LogP contribution is 2.14. The third kappa shape index (κ3) is 7.34. The molecule has 0 aliphatic heterocycles. The van der Waals surface area contributed by atoms with Crippen molar-refractivity contribution in [1.29, 1.82) is 0 Å². The third-order valence-electron chi connectivity index (χ3n) is 3.03. The summed E-state index contributed by atoms with van der Waals surface area (Å²) in [5.41, 5.74) is 2.94. The first-order chi connectivity index (χ1) is 6.74. The maximum atomic E-state index is 5.54. The van der Waals surface area contributed by atoms with E-state index in [0.717, 1.165) is 5.92 Å². The van der Waals surface area contributed by atoms with E-state index in [-0.39, 0.29) is 0 Å². The molecule has 14 heavy (non-hydrogen) atoms. The van der Waals surface area contributed by atoms with Gasteiger partial charge in [-0.15, -0.1) is 0 Å². The number of nitrogens with two attached hydrogens (primary N) is 1. The van der Waals surface area contributed by atoms with Gasteiger partial charge in [0.25, 0.3) is 0 Å². The number of hydrazine groups is 1. The molecular weight excluding hydrogens is 172 g/mol. The smallest absolute Gasteiger partial charge is 0.0213 e. The molecule has 0 bridgehead atoms. The molecule has 0 aromatic rings. The second kappa shape index (κ2) is 9.47. The molecule has 2 unspecified atom stereocenters. The molecule has 0 saturated carbocycles. The fourth-order valence-electron chi connectivity index (χ4n) is 1.74. The molecule has 2 nitrogen and oxygen atoms in total. The lowest BCUT2D eigenvalue weighted by Crippen LogP contribution is -2.36. The van der Waals surface area contributed by atoms with Crippen molar-refractivity contribution < 1.29 is 0 Å². The Bertz CT molecular complexity index is 115. The van der Waals surface area contributed by atoms with Gasteiger partial charge in [0.15, 0.2) is 0 Å². The number of hydrogen-bond acceptors (Lipinski definition) is 2. The van der Waals surface area contributed by atoms with Gasteiger partial charge >= 0.3 is 0 Å². The Kier molecular flexibility index (Phi) is 9.42. The quantitative estimate of drug-likeness (QED) is 0.341. The van der Waals surface area contributed by atoms with Crippen LogP contribution in [0.25, 0.3) is 0 Å². The van der Waals surface area contributed by atoms with Crippen molar-refractivity contribution >= 4 is 0 Å². The summed E-state index contributed by atoms with van der Waals surface area (Å²) in [5, 5.41) is 0. The zero-order valence-electron chi connectivity index (χ0n) is 10.2. The molecule has 0 amide bonds. The van der Waals surface area contributed by atoms with E-state index in [1.807, 2.05) is 0 Å². The van der Waals surface area contributed by atoms with E-state index in [2.05, 4.69) is 26.2 Å². The minimum Gasteiger partial charge on any atom is -0.271 e. The van der Waals surface area contributed by atoms with Crippen LogP contribution in [0.4, 0.5) is 0 Å². The maximum absolute atomic E-state index is 5.54. The van der Waals surface area contributed by atoms with E-state index in [4.69, 9.17) is 5.84 Å². The summed E-state index contributed by atoms with van der Waals surface area (Å²) in [6, 6.07) is 0.529. The highest BCUT2D eigenvalue weighted by atomic mass is 15.2. The maximum Gasteiger partial charge on any atom is 0.0213 e. The first-order valence-corrected chi connectivity index (χ1v) is 6.20. The van der Waals surface area contributed by atoms with Crippen molar-refractivity contribution in [1.82, 2.24) is 5.43 Å². The third-order valence-corrected chi connectivity index (χ3v) is 3.03. The Labute approximate surface area is 89.6 Å². The van der Waals surface area contributed by atoms with Gasteiger partial charge < -0.3 is 0 Å². The van der Waals surface area contributed by atoms with E-state index in [1.54, 1.807) is 0 Å². The number of nitrogens with one attached hydrogen (secondary N) is 1. The molecular formula is C12H28N2. The van der Waals surface area contributed by atoms with Crippen LogP contribution in [-0.4, -0.2) is 6.04 Å². The molecule has 0 heterocycles. The second-order valence-corrected chi connectivity index (χ2v) is 4.46. The van der Waals surface area contributed by atoms with Crippen molar-refractivity contribution in [3.63, 3.8) is 0 Å². The van der Waals surface area contributed by atoms with Crippen molar-refractivity contribution in [2.75, 3.05) is 0 Å². The molecule has 0 spiro atoms. The average molecular weight is 200 g/mol. The van der Waals surface area contributed by atoms with Crippen LogP contribution in [-0.2, 0) is 0 Å². The van der Waals surface area contributed by atoms with Gasteiger partial charge in [-0.25, -0.2) is 0 Å². The first-order valence-electron chi connectivity index (χ1n) is 6.20. The molecule has 0 fully saturated rings. The molecule has 0 rings (SSSR count). The molecule has 0 aliphatic carbocycles. The predicted octanol–water partition coefficient (Wildman–Crippen LogP) is 3.22. The van der Waals surface area contributed by atoms with Crippen LogP contribution in [0.2, 0.25) is 0 Å². The van der Waals surface area contributed by atoms with Crippen molar-refractivity contribution in [3.8, 4) is 0 Å². The normalized spacial score (nSPS) is 15.4. The number of unbranched alkanes of at least 4 members (excludes halogenated alkanes) is 3.